The monoisotopic (exact) mass is 430 g/mol. The van der Waals surface area contributed by atoms with Crippen LogP contribution in [0, 0.1) is 6.92 Å². The first-order chi connectivity index (χ1) is 10.0. The van der Waals surface area contributed by atoms with Crippen molar-refractivity contribution >= 4 is 55.4 Å². The van der Waals surface area contributed by atoms with Crippen LogP contribution < -0.4 is 10.2 Å². The van der Waals surface area contributed by atoms with Gasteiger partial charge in [0.2, 0.25) is 0 Å². The third-order valence-corrected chi connectivity index (χ3v) is 4.26. The molecule has 110 valence electrons. The summed E-state index contributed by atoms with van der Waals surface area (Å²) in [5.41, 5.74) is 5.66. The lowest BCUT2D eigenvalue weighted by Gasteiger charge is -2.08. The van der Waals surface area contributed by atoms with E-state index in [1.54, 1.807) is 13.3 Å². The van der Waals surface area contributed by atoms with Gasteiger partial charge >= 0.3 is 0 Å². The van der Waals surface area contributed by atoms with E-state index in [2.05, 4.69) is 42.4 Å². The molecule has 21 heavy (non-hydrogen) atoms. The number of benzene rings is 2. The molecule has 0 saturated heterocycles. The number of nitrogens with zero attached hydrogens (tertiary/aromatic N) is 1. The molecule has 0 saturated carbocycles. The summed E-state index contributed by atoms with van der Waals surface area (Å²) in [5, 5.41) is 4.92. The van der Waals surface area contributed by atoms with Gasteiger partial charge < -0.3 is 4.74 Å². The number of anilines is 1. The van der Waals surface area contributed by atoms with Crippen LogP contribution in [0.4, 0.5) is 5.69 Å². The Morgan fingerprint density at radius 2 is 2.00 bits per heavy atom. The first-order valence-electron chi connectivity index (χ1n) is 6.09. The zero-order chi connectivity index (χ0) is 15.4. The predicted octanol–water partition coefficient (Wildman–Crippen LogP) is 5.63. The second kappa shape index (κ2) is 7.29. The molecular weight excluding hydrogens is 419 g/mol. The first kappa shape index (κ1) is 16.3. The van der Waals surface area contributed by atoms with Crippen LogP contribution in [0.25, 0.3) is 0 Å². The summed E-state index contributed by atoms with van der Waals surface area (Å²) in [4.78, 5) is 0. The number of halogens is 3. The van der Waals surface area contributed by atoms with Gasteiger partial charge in [0.15, 0.2) is 0 Å². The topological polar surface area (TPSA) is 33.6 Å². The number of hydrogen-bond acceptors (Lipinski definition) is 3. The summed E-state index contributed by atoms with van der Waals surface area (Å²) in [5.74, 6) is 0.727. The average molecular weight is 433 g/mol. The Labute approximate surface area is 145 Å². The number of methoxy groups -OCH3 is 1. The lowest BCUT2D eigenvalue weighted by atomic mass is 10.2. The summed E-state index contributed by atoms with van der Waals surface area (Å²) >= 11 is 13.0. The van der Waals surface area contributed by atoms with E-state index in [0.29, 0.717) is 5.02 Å². The summed E-state index contributed by atoms with van der Waals surface area (Å²) in [6.45, 7) is 1.96. The van der Waals surface area contributed by atoms with Gasteiger partial charge in [-0.1, -0.05) is 33.6 Å². The van der Waals surface area contributed by atoms with Crippen LogP contribution in [-0.2, 0) is 0 Å². The highest BCUT2D eigenvalue weighted by atomic mass is 79.9. The van der Waals surface area contributed by atoms with Crippen molar-refractivity contribution in [3.8, 4) is 5.75 Å². The van der Waals surface area contributed by atoms with Gasteiger partial charge in [-0.2, -0.15) is 5.10 Å². The molecule has 0 spiro atoms. The maximum absolute atomic E-state index is 6.07. The van der Waals surface area contributed by atoms with Crippen LogP contribution in [0.5, 0.6) is 5.75 Å². The lowest BCUT2D eigenvalue weighted by Crippen LogP contribution is -1.95. The number of nitrogens with one attached hydrogen (secondary N) is 1. The van der Waals surface area contributed by atoms with E-state index < -0.39 is 0 Å². The summed E-state index contributed by atoms with van der Waals surface area (Å²) in [6, 6.07) is 9.55. The second-order valence-electron chi connectivity index (χ2n) is 4.34. The van der Waals surface area contributed by atoms with Crippen molar-refractivity contribution in [1.82, 2.24) is 0 Å². The molecule has 0 aliphatic carbocycles. The molecule has 0 bridgehead atoms. The van der Waals surface area contributed by atoms with Crippen molar-refractivity contribution in [3.63, 3.8) is 0 Å². The van der Waals surface area contributed by atoms with Gasteiger partial charge in [0.05, 0.1) is 23.5 Å². The number of rotatable bonds is 4. The molecule has 6 heteroatoms. The van der Waals surface area contributed by atoms with Gasteiger partial charge in [0, 0.05) is 15.1 Å². The van der Waals surface area contributed by atoms with Crippen molar-refractivity contribution in [2.75, 3.05) is 12.5 Å². The molecule has 2 aromatic rings. The van der Waals surface area contributed by atoms with Crippen LogP contribution in [0.15, 0.2) is 44.4 Å². The Bertz CT molecular complexity index is 690. The molecule has 0 aromatic heterocycles. The Morgan fingerprint density at radius 1 is 1.24 bits per heavy atom. The average Bonchev–Trinajstić information content (AvgIpc) is 2.42. The SMILES string of the molecule is COc1c(Br)cc(Br)cc1/C=N/Nc1ccc(C)c(Cl)c1. The Morgan fingerprint density at radius 3 is 2.67 bits per heavy atom. The highest BCUT2D eigenvalue weighted by Gasteiger charge is 2.07. The lowest BCUT2D eigenvalue weighted by molar-refractivity contribution is 0.411. The molecule has 2 aromatic carbocycles. The number of hydrogen-bond donors (Lipinski definition) is 1. The summed E-state index contributed by atoms with van der Waals surface area (Å²) in [6.07, 6.45) is 1.70. The molecule has 0 aliphatic heterocycles. The molecule has 0 radical (unpaired) electrons. The number of hydrazone groups is 1. The van der Waals surface area contributed by atoms with Crippen LogP contribution in [0.2, 0.25) is 5.02 Å². The Balaban J connectivity index is 2.19. The fraction of sp³-hybridized carbons (Fsp3) is 0.133. The van der Waals surface area contributed by atoms with Crippen molar-refractivity contribution in [2.24, 2.45) is 5.10 Å². The molecular formula is C15H13Br2ClN2O. The van der Waals surface area contributed by atoms with E-state index in [1.807, 2.05) is 37.3 Å². The Kier molecular flexibility index (Phi) is 5.67. The van der Waals surface area contributed by atoms with Gasteiger partial charge in [0.1, 0.15) is 5.75 Å². The number of aryl methyl sites for hydroxylation is 1. The molecule has 0 amide bonds. The minimum Gasteiger partial charge on any atom is -0.495 e. The van der Waals surface area contributed by atoms with Gasteiger partial charge in [-0.15, -0.1) is 0 Å². The fourth-order valence-corrected chi connectivity index (χ4v) is 3.33. The van der Waals surface area contributed by atoms with Crippen molar-refractivity contribution in [2.45, 2.75) is 6.92 Å². The van der Waals surface area contributed by atoms with Crippen LogP contribution >= 0.6 is 43.5 Å². The van der Waals surface area contributed by atoms with Crippen LogP contribution in [0.3, 0.4) is 0 Å². The maximum atomic E-state index is 6.07. The number of ether oxygens (including phenoxy) is 1. The van der Waals surface area contributed by atoms with Crippen molar-refractivity contribution < 1.29 is 4.74 Å². The molecule has 1 N–H and O–H groups in total. The minimum absolute atomic E-state index is 0.706. The van der Waals surface area contributed by atoms with Crippen molar-refractivity contribution in [1.29, 1.82) is 0 Å². The minimum atomic E-state index is 0.706. The van der Waals surface area contributed by atoms with E-state index >= 15 is 0 Å². The summed E-state index contributed by atoms with van der Waals surface area (Å²) < 4.78 is 7.16. The normalized spacial score (nSPS) is 10.9. The van der Waals surface area contributed by atoms with Gasteiger partial charge in [-0.25, -0.2) is 0 Å². The molecule has 0 unspecified atom stereocenters. The van der Waals surface area contributed by atoms with E-state index in [-0.39, 0.29) is 0 Å². The predicted molar refractivity (Wildman–Crippen MR) is 95.8 cm³/mol. The maximum Gasteiger partial charge on any atom is 0.141 e. The molecule has 0 atom stereocenters. The highest BCUT2D eigenvalue weighted by molar-refractivity contribution is 9.11. The van der Waals surface area contributed by atoms with Gasteiger partial charge in [-0.05, 0) is 52.7 Å². The molecule has 3 nitrogen and oxygen atoms in total. The van der Waals surface area contributed by atoms with Crippen molar-refractivity contribution in [3.05, 3.63) is 55.4 Å². The van der Waals surface area contributed by atoms with Gasteiger partial charge in [0.25, 0.3) is 0 Å². The van der Waals surface area contributed by atoms with Crippen LogP contribution in [0.1, 0.15) is 11.1 Å². The molecule has 2 rings (SSSR count). The van der Waals surface area contributed by atoms with E-state index in [0.717, 1.165) is 31.5 Å². The molecule has 0 aliphatic rings. The third kappa shape index (κ3) is 4.22. The third-order valence-electron chi connectivity index (χ3n) is 2.81. The van der Waals surface area contributed by atoms with Crippen LogP contribution in [-0.4, -0.2) is 13.3 Å². The quantitative estimate of drug-likeness (QED) is 0.502. The van der Waals surface area contributed by atoms with E-state index in [4.69, 9.17) is 16.3 Å². The Hall–Kier alpha value is -1.04. The zero-order valence-corrected chi connectivity index (χ0v) is 15.4. The van der Waals surface area contributed by atoms with Gasteiger partial charge in [-0.3, -0.25) is 5.43 Å². The zero-order valence-electron chi connectivity index (χ0n) is 11.5. The first-order valence-corrected chi connectivity index (χ1v) is 8.06. The summed E-state index contributed by atoms with van der Waals surface area (Å²) in [7, 11) is 1.62. The largest absolute Gasteiger partial charge is 0.495 e. The highest BCUT2D eigenvalue weighted by Crippen LogP contribution is 2.31. The van der Waals surface area contributed by atoms with E-state index in [1.165, 1.54) is 0 Å². The van der Waals surface area contributed by atoms with E-state index in [9.17, 15) is 0 Å². The standard InChI is InChI=1S/C15H13Br2ClN2O/c1-9-3-4-12(7-14(9)18)20-19-8-10-5-11(16)6-13(17)15(10)21-2/h3-8,20H,1-2H3/b19-8+. The molecule has 0 heterocycles. The molecule has 0 fully saturated rings. The smallest absolute Gasteiger partial charge is 0.141 e. The fourth-order valence-electron chi connectivity index (χ4n) is 1.73. The second-order valence-corrected chi connectivity index (χ2v) is 6.52.